The molecule has 6 nitrogen and oxygen atoms in total. The lowest BCUT2D eigenvalue weighted by atomic mass is 9.78. The summed E-state index contributed by atoms with van der Waals surface area (Å²) < 4.78 is 23.6. The molecule has 0 bridgehead atoms. The zero-order valence-corrected chi connectivity index (χ0v) is 20.8. The minimum atomic E-state index is -2.98. The van der Waals surface area contributed by atoms with Crippen LogP contribution < -0.4 is 9.80 Å². The quantitative estimate of drug-likeness (QED) is 0.604. The van der Waals surface area contributed by atoms with E-state index in [4.69, 9.17) is 0 Å². The van der Waals surface area contributed by atoms with Crippen molar-refractivity contribution in [3.05, 3.63) is 53.6 Å². The molecule has 1 amide bonds. The van der Waals surface area contributed by atoms with Gasteiger partial charge in [-0.05, 0) is 74.1 Å². The van der Waals surface area contributed by atoms with Gasteiger partial charge in [-0.3, -0.25) is 14.5 Å². The molecule has 0 atom stereocenters. The average Bonchev–Trinajstić information content (AvgIpc) is 2.96. The van der Waals surface area contributed by atoms with Crippen molar-refractivity contribution < 1.29 is 18.0 Å². The minimum absolute atomic E-state index is 0.00379. The van der Waals surface area contributed by atoms with E-state index in [0.717, 1.165) is 22.6 Å². The van der Waals surface area contributed by atoms with Gasteiger partial charge in [0.2, 0.25) is 5.91 Å². The van der Waals surface area contributed by atoms with Gasteiger partial charge >= 0.3 is 0 Å². The molecule has 1 fully saturated rings. The van der Waals surface area contributed by atoms with E-state index in [1.807, 2.05) is 76.2 Å². The van der Waals surface area contributed by atoms with Crippen LogP contribution in [0.25, 0.3) is 0 Å². The Balaban J connectivity index is 1.65. The molecule has 2 heterocycles. The maximum absolute atomic E-state index is 13.4. The summed E-state index contributed by atoms with van der Waals surface area (Å²) in [5.41, 5.74) is 2.94. The molecule has 0 radical (unpaired) electrons. The summed E-state index contributed by atoms with van der Waals surface area (Å²) in [5.74, 6) is 0.255. The molecule has 0 saturated carbocycles. The summed E-state index contributed by atoms with van der Waals surface area (Å²) in [4.78, 5) is 30.4. The van der Waals surface area contributed by atoms with Crippen molar-refractivity contribution in [1.82, 2.24) is 0 Å². The third kappa shape index (κ3) is 4.31. The Morgan fingerprint density at radius 2 is 1.70 bits per heavy atom. The lowest BCUT2D eigenvalue weighted by Crippen LogP contribution is -2.33. The fourth-order valence-electron chi connectivity index (χ4n) is 4.77. The van der Waals surface area contributed by atoms with Crippen LogP contribution in [0.15, 0.2) is 42.5 Å². The number of benzene rings is 2. The Morgan fingerprint density at radius 3 is 2.33 bits per heavy atom. The second-order valence-electron chi connectivity index (χ2n) is 10.5. The predicted octanol–water partition coefficient (Wildman–Crippen LogP) is 4.50. The molecule has 7 heteroatoms. The number of carbonyl (C=O) groups excluding carboxylic acids is 2. The van der Waals surface area contributed by atoms with Crippen molar-refractivity contribution in [2.75, 3.05) is 35.4 Å². The minimum Gasteiger partial charge on any atom is -0.378 e. The molecule has 0 spiro atoms. The van der Waals surface area contributed by atoms with Gasteiger partial charge in [-0.25, -0.2) is 8.42 Å². The second kappa shape index (κ2) is 7.97. The molecule has 1 saturated heterocycles. The van der Waals surface area contributed by atoms with E-state index in [9.17, 15) is 18.0 Å². The van der Waals surface area contributed by atoms with Crippen molar-refractivity contribution in [3.63, 3.8) is 0 Å². The third-order valence-electron chi connectivity index (χ3n) is 7.20. The van der Waals surface area contributed by atoms with Crippen LogP contribution in [-0.4, -0.2) is 45.7 Å². The van der Waals surface area contributed by atoms with Gasteiger partial charge in [0.25, 0.3) is 0 Å². The van der Waals surface area contributed by atoms with Crippen LogP contribution in [0.1, 0.15) is 56.0 Å². The highest BCUT2D eigenvalue weighted by atomic mass is 32.2. The van der Waals surface area contributed by atoms with Gasteiger partial charge in [-0.2, -0.15) is 0 Å². The number of amides is 1. The Bertz CT molecular complexity index is 1220. The highest BCUT2D eigenvalue weighted by Crippen LogP contribution is 2.46. The Labute approximate surface area is 196 Å². The van der Waals surface area contributed by atoms with Crippen molar-refractivity contribution in [2.45, 2.75) is 45.4 Å². The fourth-order valence-corrected chi connectivity index (χ4v) is 6.58. The van der Waals surface area contributed by atoms with E-state index < -0.39 is 15.3 Å². The summed E-state index contributed by atoms with van der Waals surface area (Å²) in [6.45, 7) is 5.79. The molecule has 2 aliphatic rings. The first-order valence-corrected chi connectivity index (χ1v) is 13.2. The van der Waals surface area contributed by atoms with E-state index in [-0.39, 0.29) is 28.6 Å². The number of sulfone groups is 1. The van der Waals surface area contributed by atoms with E-state index in [1.165, 1.54) is 0 Å². The largest absolute Gasteiger partial charge is 0.378 e. The monoisotopic (exact) mass is 468 g/mol. The van der Waals surface area contributed by atoms with Crippen LogP contribution in [0, 0.1) is 5.41 Å². The first-order valence-electron chi connectivity index (χ1n) is 11.3. The summed E-state index contributed by atoms with van der Waals surface area (Å²) >= 11 is 0. The van der Waals surface area contributed by atoms with E-state index in [2.05, 4.69) is 0 Å². The zero-order chi connectivity index (χ0) is 24.2. The summed E-state index contributed by atoms with van der Waals surface area (Å²) in [5, 5.41) is 0. The Morgan fingerprint density at radius 1 is 1.03 bits per heavy atom. The lowest BCUT2D eigenvalue weighted by molar-refractivity contribution is -0.121. The van der Waals surface area contributed by atoms with Crippen LogP contribution in [0.3, 0.4) is 0 Å². The number of Topliss-reactive ketones (excluding diaryl/α,β-unsaturated/α-hetero) is 1. The molecule has 0 N–H and O–H groups in total. The average molecular weight is 469 g/mol. The first-order chi connectivity index (χ1) is 15.3. The lowest BCUT2D eigenvalue weighted by Gasteiger charge is -2.32. The summed E-state index contributed by atoms with van der Waals surface area (Å²) in [6.07, 6.45) is 1.32. The van der Waals surface area contributed by atoms with Gasteiger partial charge in [0.1, 0.15) is 9.84 Å². The standard InChI is InChI=1S/C26H32N2O4S/c1-25(2)21-15-18(23(29)17-26(3)11-13-33(31,32)14-12-26)9-10-22(21)28(24(25)30)20-8-6-7-19(16-20)27(4)5/h6-10,15-16H,11-14,17H2,1-5H3. The van der Waals surface area contributed by atoms with Crippen molar-refractivity contribution in [3.8, 4) is 0 Å². The highest BCUT2D eigenvalue weighted by Gasteiger charge is 2.45. The number of nitrogens with zero attached hydrogens (tertiary/aromatic N) is 2. The Kier molecular flexibility index (Phi) is 5.68. The second-order valence-corrected chi connectivity index (χ2v) is 12.8. The number of anilines is 3. The fraction of sp³-hybridized carbons (Fsp3) is 0.462. The van der Waals surface area contributed by atoms with Gasteiger partial charge in [0.15, 0.2) is 5.78 Å². The molecule has 0 unspecified atom stereocenters. The highest BCUT2D eigenvalue weighted by molar-refractivity contribution is 7.91. The van der Waals surface area contributed by atoms with Gasteiger partial charge in [-0.15, -0.1) is 0 Å². The third-order valence-corrected chi connectivity index (χ3v) is 8.85. The molecule has 4 rings (SSSR count). The van der Waals surface area contributed by atoms with Crippen molar-refractivity contribution in [1.29, 1.82) is 0 Å². The molecule has 176 valence electrons. The Hall–Kier alpha value is -2.67. The summed E-state index contributed by atoms with van der Waals surface area (Å²) in [7, 11) is 0.940. The topological polar surface area (TPSA) is 74.8 Å². The maximum atomic E-state index is 13.4. The normalized spacial score (nSPS) is 20.4. The number of carbonyl (C=O) groups is 2. The van der Waals surface area contributed by atoms with Crippen molar-refractivity contribution in [2.24, 2.45) is 5.41 Å². The summed E-state index contributed by atoms with van der Waals surface area (Å²) in [6, 6.07) is 13.4. The van der Waals surface area contributed by atoms with Crippen molar-refractivity contribution >= 4 is 38.6 Å². The van der Waals surface area contributed by atoms with E-state index in [0.29, 0.717) is 24.8 Å². The molecule has 0 aromatic heterocycles. The van der Waals surface area contributed by atoms with E-state index in [1.54, 1.807) is 11.0 Å². The molecule has 2 aliphatic heterocycles. The van der Waals surface area contributed by atoms with E-state index >= 15 is 0 Å². The van der Waals surface area contributed by atoms with Gasteiger partial charge in [0.05, 0.1) is 28.3 Å². The molecular weight excluding hydrogens is 436 g/mol. The van der Waals surface area contributed by atoms with Crippen LogP contribution in [-0.2, 0) is 20.0 Å². The number of hydrogen-bond acceptors (Lipinski definition) is 5. The van der Waals surface area contributed by atoms with Crippen LogP contribution in [0.5, 0.6) is 0 Å². The number of rotatable bonds is 5. The molecular formula is C26H32N2O4S. The van der Waals surface area contributed by atoms with Crippen LogP contribution in [0.2, 0.25) is 0 Å². The van der Waals surface area contributed by atoms with Crippen LogP contribution >= 0.6 is 0 Å². The number of hydrogen-bond donors (Lipinski definition) is 0. The molecule has 33 heavy (non-hydrogen) atoms. The van der Waals surface area contributed by atoms with Gasteiger partial charge in [-0.1, -0.05) is 13.0 Å². The van der Waals surface area contributed by atoms with Gasteiger partial charge < -0.3 is 4.90 Å². The molecule has 2 aromatic rings. The predicted molar refractivity (Wildman–Crippen MR) is 132 cm³/mol. The molecule has 0 aliphatic carbocycles. The van der Waals surface area contributed by atoms with Gasteiger partial charge in [0, 0.05) is 31.8 Å². The first kappa shape index (κ1) is 23.5. The smallest absolute Gasteiger partial charge is 0.241 e. The number of ketones is 1. The number of fused-ring (bicyclic) bond motifs is 1. The van der Waals surface area contributed by atoms with Crippen LogP contribution in [0.4, 0.5) is 17.1 Å². The zero-order valence-electron chi connectivity index (χ0n) is 20.0. The molecule has 2 aromatic carbocycles. The maximum Gasteiger partial charge on any atom is 0.241 e. The SMILES string of the molecule is CN(C)c1cccc(N2C(=O)C(C)(C)c3cc(C(=O)CC4(C)CCS(=O)(=O)CC4)ccc32)c1.